The molecule has 0 radical (unpaired) electrons. The maximum absolute atomic E-state index is 11.0. The van der Waals surface area contributed by atoms with Gasteiger partial charge in [0, 0.05) is 30.2 Å². The Balaban J connectivity index is 2.34. The van der Waals surface area contributed by atoms with E-state index in [-0.39, 0.29) is 5.43 Å². The Labute approximate surface area is 95.2 Å². The van der Waals surface area contributed by atoms with E-state index in [1.165, 1.54) is 5.56 Å². The van der Waals surface area contributed by atoms with E-state index >= 15 is 0 Å². The van der Waals surface area contributed by atoms with Crippen molar-refractivity contribution in [2.45, 2.75) is 19.8 Å². The van der Waals surface area contributed by atoms with Crippen molar-refractivity contribution in [3.05, 3.63) is 64.6 Å². The molecule has 0 atom stereocenters. The molecular weight excluding hydrogens is 198 g/mol. The number of hydrogen-bond acceptors (Lipinski definition) is 1. The number of rotatable bonds is 2. The first-order valence-electron chi connectivity index (χ1n) is 5.45. The summed E-state index contributed by atoms with van der Waals surface area (Å²) < 4.78 is 1.94. The fraction of sp³-hybridized carbons (Fsp3) is 0.214. The van der Waals surface area contributed by atoms with Gasteiger partial charge in [0.2, 0.25) is 0 Å². The molecule has 0 bridgehead atoms. The number of hydrogen-bond donors (Lipinski definition) is 0. The summed E-state index contributed by atoms with van der Waals surface area (Å²) in [5.74, 6) is 0.545. The number of benzene rings is 1. The Hall–Kier alpha value is -1.83. The normalized spacial score (nSPS) is 10.7. The van der Waals surface area contributed by atoms with Crippen molar-refractivity contribution >= 4 is 0 Å². The highest BCUT2D eigenvalue weighted by molar-refractivity contribution is 5.35. The van der Waals surface area contributed by atoms with E-state index in [4.69, 9.17) is 0 Å². The van der Waals surface area contributed by atoms with Crippen molar-refractivity contribution in [1.82, 2.24) is 4.57 Å². The van der Waals surface area contributed by atoms with Crippen molar-refractivity contribution in [3.8, 4) is 5.69 Å². The molecule has 0 amide bonds. The molecule has 0 aliphatic heterocycles. The zero-order chi connectivity index (χ0) is 11.5. The third kappa shape index (κ3) is 2.22. The van der Waals surface area contributed by atoms with Crippen molar-refractivity contribution < 1.29 is 0 Å². The Morgan fingerprint density at radius 2 is 1.50 bits per heavy atom. The van der Waals surface area contributed by atoms with Crippen LogP contribution < -0.4 is 5.43 Å². The van der Waals surface area contributed by atoms with Crippen LogP contribution in [-0.2, 0) is 0 Å². The van der Waals surface area contributed by atoms with Crippen molar-refractivity contribution in [2.24, 2.45) is 0 Å². The van der Waals surface area contributed by atoms with E-state index in [9.17, 15) is 4.79 Å². The Morgan fingerprint density at radius 1 is 0.938 bits per heavy atom. The predicted molar refractivity (Wildman–Crippen MR) is 66.1 cm³/mol. The van der Waals surface area contributed by atoms with E-state index in [0.29, 0.717) is 5.92 Å². The van der Waals surface area contributed by atoms with Gasteiger partial charge in [-0.05, 0) is 23.6 Å². The first-order chi connectivity index (χ1) is 7.66. The smallest absolute Gasteiger partial charge is 0.181 e. The van der Waals surface area contributed by atoms with Gasteiger partial charge in [0.1, 0.15) is 0 Å². The van der Waals surface area contributed by atoms with E-state index in [1.54, 1.807) is 24.5 Å². The SMILES string of the molecule is CC(C)c1ccc(-n2ccc(=O)cc2)cc1. The average molecular weight is 213 g/mol. The Morgan fingerprint density at radius 3 is 2.00 bits per heavy atom. The van der Waals surface area contributed by atoms with Crippen LogP contribution in [0.4, 0.5) is 0 Å². The zero-order valence-corrected chi connectivity index (χ0v) is 9.55. The lowest BCUT2D eigenvalue weighted by molar-refractivity contribution is 0.865. The maximum atomic E-state index is 11.0. The van der Waals surface area contributed by atoms with Crippen LogP contribution in [0.15, 0.2) is 53.6 Å². The molecule has 0 fully saturated rings. The monoisotopic (exact) mass is 213 g/mol. The molecule has 16 heavy (non-hydrogen) atoms. The molecule has 2 rings (SSSR count). The van der Waals surface area contributed by atoms with Gasteiger partial charge >= 0.3 is 0 Å². The lowest BCUT2D eigenvalue weighted by Gasteiger charge is -2.08. The van der Waals surface area contributed by atoms with Gasteiger partial charge in [-0.2, -0.15) is 0 Å². The van der Waals surface area contributed by atoms with Crippen LogP contribution in [0.1, 0.15) is 25.3 Å². The molecule has 1 aromatic heterocycles. The molecule has 2 heteroatoms. The molecular formula is C14H15NO. The van der Waals surface area contributed by atoms with Crippen LogP contribution in [0.3, 0.4) is 0 Å². The number of pyridine rings is 1. The van der Waals surface area contributed by atoms with Crippen LogP contribution >= 0.6 is 0 Å². The quantitative estimate of drug-likeness (QED) is 0.751. The van der Waals surface area contributed by atoms with Gasteiger partial charge in [-0.25, -0.2) is 0 Å². The highest BCUT2D eigenvalue weighted by atomic mass is 16.1. The fourth-order valence-corrected chi connectivity index (χ4v) is 1.62. The van der Waals surface area contributed by atoms with Crippen LogP contribution in [-0.4, -0.2) is 4.57 Å². The summed E-state index contributed by atoms with van der Waals surface area (Å²) in [7, 11) is 0. The third-order valence-electron chi connectivity index (χ3n) is 2.66. The summed E-state index contributed by atoms with van der Waals surface area (Å²) in [6.45, 7) is 4.35. The minimum atomic E-state index is 0.0371. The van der Waals surface area contributed by atoms with Crippen molar-refractivity contribution in [1.29, 1.82) is 0 Å². The van der Waals surface area contributed by atoms with Crippen molar-refractivity contribution in [2.75, 3.05) is 0 Å². The maximum Gasteiger partial charge on any atom is 0.181 e. The minimum Gasteiger partial charge on any atom is -0.324 e. The molecule has 0 unspecified atom stereocenters. The molecule has 0 aliphatic rings. The standard InChI is InChI=1S/C14H15NO/c1-11(2)12-3-5-13(6-4-12)15-9-7-14(16)8-10-15/h3-11H,1-2H3. The topological polar surface area (TPSA) is 22.0 Å². The van der Waals surface area contributed by atoms with Gasteiger partial charge in [-0.3, -0.25) is 4.79 Å². The highest BCUT2D eigenvalue weighted by Crippen LogP contribution is 2.16. The molecule has 1 heterocycles. The largest absolute Gasteiger partial charge is 0.324 e. The second-order valence-corrected chi connectivity index (χ2v) is 4.19. The average Bonchev–Trinajstić information content (AvgIpc) is 2.30. The fourth-order valence-electron chi connectivity index (χ4n) is 1.62. The summed E-state index contributed by atoms with van der Waals surface area (Å²) in [6.07, 6.45) is 3.57. The summed E-state index contributed by atoms with van der Waals surface area (Å²) in [5.41, 5.74) is 2.43. The van der Waals surface area contributed by atoms with Crippen LogP contribution in [0.25, 0.3) is 5.69 Å². The van der Waals surface area contributed by atoms with Crippen LogP contribution in [0.2, 0.25) is 0 Å². The summed E-state index contributed by atoms with van der Waals surface area (Å²) >= 11 is 0. The van der Waals surface area contributed by atoms with Crippen LogP contribution in [0, 0.1) is 0 Å². The number of aromatic nitrogens is 1. The Bertz CT molecular complexity index is 503. The molecule has 0 saturated heterocycles. The summed E-state index contributed by atoms with van der Waals surface area (Å²) in [5, 5.41) is 0. The van der Waals surface area contributed by atoms with Crippen molar-refractivity contribution in [3.63, 3.8) is 0 Å². The molecule has 82 valence electrons. The first-order valence-corrected chi connectivity index (χ1v) is 5.45. The molecule has 0 aliphatic carbocycles. The molecule has 2 nitrogen and oxygen atoms in total. The predicted octanol–water partition coefficient (Wildman–Crippen LogP) is 2.96. The highest BCUT2D eigenvalue weighted by Gasteiger charge is 1.99. The number of nitrogens with zero attached hydrogens (tertiary/aromatic N) is 1. The lowest BCUT2D eigenvalue weighted by Crippen LogP contribution is -2.01. The van der Waals surface area contributed by atoms with E-state index in [0.717, 1.165) is 5.69 Å². The van der Waals surface area contributed by atoms with E-state index < -0.39 is 0 Å². The van der Waals surface area contributed by atoms with Gasteiger partial charge in [-0.1, -0.05) is 26.0 Å². The van der Waals surface area contributed by atoms with E-state index in [1.807, 2.05) is 4.57 Å². The minimum absolute atomic E-state index is 0.0371. The third-order valence-corrected chi connectivity index (χ3v) is 2.66. The second kappa shape index (κ2) is 4.35. The van der Waals surface area contributed by atoms with Gasteiger partial charge in [0.15, 0.2) is 5.43 Å². The molecule has 0 saturated carbocycles. The van der Waals surface area contributed by atoms with E-state index in [2.05, 4.69) is 38.1 Å². The first kappa shape index (κ1) is 10.7. The van der Waals surface area contributed by atoms with Gasteiger partial charge in [0.25, 0.3) is 0 Å². The molecule has 0 spiro atoms. The molecule has 1 aromatic carbocycles. The second-order valence-electron chi connectivity index (χ2n) is 4.19. The summed E-state index contributed by atoms with van der Waals surface area (Å²) in [6, 6.07) is 11.5. The summed E-state index contributed by atoms with van der Waals surface area (Å²) in [4.78, 5) is 11.0. The van der Waals surface area contributed by atoms with Gasteiger partial charge in [0.05, 0.1) is 0 Å². The van der Waals surface area contributed by atoms with Gasteiger partial charge < -0.3 is 4.57 Å². The van der Waals surface area contributed by atoms with Crippen LogP contribution in [0.5, 0.6) is 0 Å². The lowest BCUT2D eigenvalue weighted by atomic mass is 10.0. The van der Waals surface area contributed by atoms with Gasteiger partial charge in [-0.15, -0.1) is 0 Å². The molecule has 0 N–H and O–H groups in total. The molecule has 2 aromatic rings. The Kier molecular flexibility index (Phi) is 2.91. The zero-order valence-electron chi connectivity index (χ0n) is 9.55.